The van der Waals surface area contributed by atoms with E-state index in [9.17, 15) is 9.90 Å². The van der Waals surface area contributed by atoms with Crippen LogP contribution < -0.4 is 5.11 Å². The van der Waals surface area contributed by atoms with Gasteiger partial charge in [-0.05, 0) is 29.9 Å². The zero-order valence-electron chi connectivity index (χ0n) is 12.3. The van der Waals surface area contributed by atoms with E-state index in [2.05, 4.69) is 29.7 Å². The van der Waals surface area contributed by atoms with E-state index in [1.54, 1.807) is 0 Å². The fourth-order valence-electron chi connectivity index (χ4n) is 4.07. The molecule has 0 saturated carbocycles. The zero-order chi connectivity index (χ0) is 14.6. The standard InChI is InChI=1S/C17H20N2O2/c1-11-9-12-3-2-4-14-13-5-7-18(17(20)21)8-6-15(13)19(10-11)16(12)14/h2-4,11H,5-10H2,1H3,(H,20,21)/p-1. The Labute approximate surface area is 124 Å². The molecule has 4 nitrogen and oxygen atoms in total. The first-order valence-electron chi connectivity index (χ1n) is 7.73. The van der Waals surface area contributed by atoms with Gasteiger partial charge in [0.25, 0.3) is 0 Å². The van der Waals surface area contributed by atoms with Crippen LogP contribution in [0.25, 0.3) is 10.9 Å². The molecule has 1 amide bonds. The quantitative estimate of drug-likeness (QED) is 0.737. The molecule has 1 atom stereocenters. The number of amides is 1. The van der Waals surface area contributed by atoms with Crippen molar-refractivity contribution in [3.05, 3.63) is 35.0 Å². The molecule has 1 unspecified atom stereocenters. The van der Waals surface area contributed by atoms with Crippen LogP contribution >= 0.6 is 0 Å². The fraction of sp³-hybridized carbons (Fsp3) is 0.471. The minimum atomic E-state index is -1.04. The van der Waals surface area contributed by atoms with Gasteiger partial charge in [-0.3, -0.25) is 0 Å². The van der Waals surface area contributed by atoms with E-state index in [1.165, 1.54) is 32.6 Å². The summed E-state index contributed by atoms with van der Waals surface area (Å²) >= 11 is 0. The Morgan fingerprint density at radius 1 is 1.29 bits per heavy atom. The molecular formula is C17H19N2O2-. The van der Waals surface area contributed by atoms with Crippen molar-refractivity contribution < 1.29 is 9.90 Å². The summed E-state index contributed by atoms with van der Waals surface area (Å²) in [5, 5.41) is 12.5. The molecule has 2 aliphatic heterocycles. The first-order chi connectivity index (χ1) is 10.1. The first kappa shape index (κ1) is 12.7. The van der Waals surface area contributed by atoms with E-state index in [0.29, 0.717) is 19.0 Å². The Hall–Kier alpha value is -1.97. The Balaban J connectivity index is 1.88. The number of hydrogen-bond donors (Lipinski definition) is 0. The summed E-state index contributed by atoms with van der Waals surface area (Å²) in [6, 6.07) is 6.57. The molecule has 1 aromatic carbocycles. The van der Waals surface area contributed by atoms with Crippen LogP contribution in [0.5, 0.6) is 0 Å². The normalized spacial score (nSPS) is 21.2. The van der Waals surface area contributed by atoms with E-state index >= 15 is 0 Å². The van der Waals surface area contributed by atoms with E-state index in [1.807, 2.05) is 0 Å². The third-order valence-electron chi connectivity index (χ3n) is 4.96. The van der Waals surface area contributed by atoms with Crippen LogP contribution in [-0.4, -0.2) is 28.6 Å². The largest absolute Gasteiger partial charge is 0.530 e. The third-order valence-corrected chi connectivity index (χ3v) is 4.96. The van der Waals surface area contributed by atoms with Crippen LogP contribution in [0, 0.1) is 5.92 Å². The summed E-state index contributed by atoms with van der Waals surface area (Å²) in [7, 11) is 0. The topological polar surface area (TPSA) is 48.3 Å². The summed E-state index contributed by atoms with van der Waals surface area (Å²) in [4.78, 5) is 12.6. The minimum Gasteiger partial charge on any atom is -0.530 e. The van der Waals surface area contributed by atoms with Crippen LogP contribution in [0.2, 0.25) is 0 Å². The number of benzene rings is 1. The van der Waals surface area contributed by atoms with Crippen LogP contribution in [-0.2, 0) is 25.8 Å². The molecule has 110 valence electrons. The predicted octanol–water partition coefficient (Wildman–Crippen LogP) is 1.58. The van der Waals surface area contributed by atoms with Gasteiger partial charge in [0.15, 0.2) is 0 Å². The van der Waals surface area contributed by atoms with Gasteiger partial charge in [0.1, 0.15) is 6.09 Å². The summed E-state index contributed by atoms with van der Waals surface area (Å²) in [5.41, 5.74) is 5.52. The molecule has 0 fully saturated rings. The number of hydrogen-bond acceptors (Lipinski definition) is 2. The molecule has 2 aliphatic rings. The number of nitrogens with zero attached hydrogens (tertiary/aromatic N) is 2. The van der Waals surface area contributed by atoms with Crippen molar-refractivity contribution >= 4 is 17.0 Å². The van der Waals surface area contributed by atoms with Gasteiger partial charge in [-0.15, -0.1) is 0 Å². The van der Waals surface area contributed by atoms with Gasteiger partial charge < -0.3 is 19.4 Å². The molecular weight excluding hydrogens is 264 g/mol. The molecule has 0 radical (unpaired) electrons. The van der Waals surface area contributed by atoms with Gasteiger partial charge in [0.2, 0.25) is 0 Å². The van der Waals surface area contributed by atoms with Crippen molar-refractivity contribution in [2.45, 2.75) is 32.7 Å². The highest BCUT2D eigenvalue weighted by atomic mass is 16.4. The lowest BCUT2D eigenvalue weighted by molar-refractivity contribution is -0.265. The average Bonchev–Trinajstić information content (AvgIpc) is 2.62. The van der Waals surface area contributed by atoms with Crippen molar-refractivity contribution in [1.29, 1.82) is 0 Å². The van der Waals surface area contributed by atoms with Gasteiger partial charge in [-0.1, -0.05) is 25.1 Å². The van der Waals surface area contributed by atoms with Gasteiger partial charge in [-0.2, -0.15) is 0 Å². The molecule has 4 rings (SSSR count). The monoisotopic (exact) mass is 283 g/mol. The number of carbonyl (C=O) groups is 1. The van der Waals surface area contributed by atoms with E-state index < -0.39 is 6.09 Å². The Bertz CT molecular complexity index is 732. The summed E-state index contributed by atoms with van der Waals surface area (Å²) < 4.78 is 2.45. The molecule has 4 heteroatoms. The molecule has 2 aromatic rings. The zero-order valence-corrected chi connectivity index (χ0v) is 12.3. The van der Waals surface area contributed by atoms with Gasteiger partial charge in [0.05, 0.1) is 5.52 Å². The van der Waals surface area contributed by atoms with Crippen molar-refractivity contribution in [2.24, 2.45) is 5.92 Å². The molecule has 21 heavy (non-hydrogen) atoms. The SMILES string of the molecule is CC1Cc2cccc3c4c(n(c23)C1)CCN(C(=O)[O-])CC4. The minimum absolute atomic E-state index is 0.550. The summed E-state index contributed by atoms with van der Waals surface area (Å²) in [5.74, 6) is 0.639. The fourth-order valence-corrected chi connectivity index (χ4v) is 4.07. The van der Waals surface area contributed by atoms with Crippen molar-refractivity contribution in [3.63, 3.8) is 0 Å². The van der Waals surface area contributed by atoms with Crippen molar-refractivity contribution in [2.75, 3.05) is 13.1 Å². The Kier molecular flexibility index (Phi) is 2.74. The lowest BCUT2D eigenvalue weighted by Crippen LogP contribution is -2.42. The first-order valence-corrected chi connectivity index (χ1v) is 7.73. The maximum Gasteiger partial charge on any atom is 0.136 e. The maximum absolute atomic E-state index is 11.1. The van der Waals surface area contributed by atoms with Gasteiger partial charge >= 0.3 is 0 Å². The Morgan fingerprint density at radius 2 is 2.10 bits per heavy atom. The van der Waals surface area contributed by atoms with E-state index in [0.717, 1.165) is 25.8 Å². The van der Waals surface area contributed by atoms with Gasteiger partial charge in [0, 0.05) is 37.1 Å². The summed E-state index contributed by atoms with van der Waals surface area (Å²) in [6.07, 6.45) is 1.69. The third kappa shape index (κ3) is 1.85. The highest BCUT2D eigenvalue weighted by molar-refractivity contribution is 5.89. The van der Waals surface area contributed by atoms with Crippen molar-refractivity contribution in [3.8, 4) is 0 Å². The van der Waals surface area contributed by atoms with Crippen LogP contribution in [0.4, 0.5) is 4.79 Å². The molecule has 0 spiro atoms. The number of fused-ring (bicyclic) bond motifs is 3. The smallest absolute Gasteiger partial charge is 0.136 e. The number of rotatable bonds is 0. The second kappa shape index (κ2) is 4.52. The molecule has 0 saturated heterocycles. The second-order valence-corrected chi connectivity index (χ2v) is 6.41. The lowest BCUT2D eigenvalue weighted by atomic mass is 9.95. The van der Waals surface area contributed by atoms with E-state index in [-0.39, 0.29) is 0 Å². The molecule has 1 aromatic heterocycles. The second-order valence-electron chi connectivity index (χ2n) is 6.41. The highest BCUT2D eigenvalue weighted by Crippen LogP contribution is 2.35. The average molecular weight is 283 g/mol. The van der Waals surface area contributed by atoms with Gasteiger partial charge in [-0.25, -0.2) is 0 Å². The molecule has 3 heterocycles. The summed E-state index contributed by atoms with van der Waals surface area (Å²) in [6.45, 7) is 4.44. The lowest BCUT2D eigenvalue weighted by Gasteiger charge is -2.25. The number of carboxylic acid groups (broad SMARTS) is 1. The van der Waals surface area contributed by atoms with E-state index in [4.69, 9.17) is 0 Å². The number of aromatic nitrogens is 1. The predicted molar refractivity (Wildman–Crippen MR) is 79.2 cm³/mol. The van der Waals surface area contributed by atoms with Crippen LogP contribution in [0.1, 0.15) is 23.7 Å². The maximum atomic E-state index is 11.1. The molecule has 0 aliphatic carbocycles. The molecule has 0 N–H and O–H groups in total. The molecule has 0 bridgehead atoms. The highest BCUT2D eigenvalue weighted by Gasteiger charge is 2.26. The van der Waals surface area contributed by atoms with Crippen LogP contribution in [0.15, 0.2) is 18.2 Å². The van der Waals surface area contributed by atoms with Crippen LogP contribution in [0.3, 0.4) is 0 Å². The van der Waals surface area contributed by atoms with Crippen molar-refractivity contribution in [1.82, 2.24) is 9.47 Å². The number of para-hydroxylation sites is 1. The Morgan fingerprint density at radius 3 is 2.90 bits per heavy atom. The number of carbonyl (C=O) groups excluding carboxylic acids is 1.